The van der Waals surface area contributed by atoms with Crippen LogP contribution in [0.3, 0.4) is 0 Å². The third kappa shape index (κ3) is 3.18. The summed E-state index contributed by atoms with van der Waals surface area (Å²) in [6.45, 7) is 0.825. The van der Waals surface area contributed by atoms with Crippen LogP contribution < -0.4 is 0 Å². The molecule has 0 amide bonds. The molecule has 1 aliphatic heterocycles. The molecule has 1 N–H and O–H groups in total. The molecule has 1 atom stereocenters. The van der Waals surface area contributed by atoms with Crippen LogP contribution in [0.5, 0.6) is 0 Å². The molecule has 1 aliphatic rings. The second-order valence-electron chi connectivity index (χ2n) is 2.61. The average Bonchev–Trinajstić information content (AvgIpc) is 2.39. The van der Waals surface area contributed by atoms with Gasteiger partial charge in [0, 0.05) is 12.7 Å². The van der Waals surface area contributed by atoms with Gasteiger partial charge in [0.25, 0.3) is 0 Å². The van der Waals surface area contributed by atoms with Crippen LogP contribution in [0.25, 0.3) is 0 Å². The minimum Gasteiger partial charge on any atom is -0.478 e. The normalized spacial score (nSPS) is 24.5. The monoisotopic (exact) mass is 156 g/mol. The molecule has 1 saturated heterocycles. The summed E-state index contributed by atoms with van der Waals surface area (Å²) in [4.78, 5) is 10.0. The lowest BCUT2D eigenvalue weighted by Gasteiger charge is -2.03. The largest absolute Gasteiger partial charge is 0.478 e. The van der Waals surface area contributed by atoms with Crippen molar-refractivity contribution in [3.63, 3.8) is 0 Å². The second kappa shape index (κ2) is 4.13. The topological polar surface area (TPSA) is 46.5 Å². The van der Waals surface area contributed by atoms with Gasteiger partial charge in [-0.3, -0.25) is 0 Å². The molecule has 1 heterocycles. The van der Waals surface area contributed by atoms with Gasteiger partial charge in [0.1, 0.15) is 0 Å². The molecule has 1 rings (SSSR count). The molecular formula is C8H12O3. The lowest BCUT2D eigenvalue weighted by Crippen LogP contribution is -2.02. The summed E-state index contributed by atoms with van der Waals surface area (Å²) in [5.74, 6) is -0.886. The van der Waals surface area contributed by atoms with Crippen LogP contribution >= 0.6 is 0 Å². The molecule has 62 valence electrons. The molecule has 0 saturated carbocycles. The van der Waals surface area contributed by atoms with Gasteiger partial charge in [0.15, 0.2) is 0 Å². The SMILES string of the molecule is O=C(O)C=CCC1CCCO1. The van der Waals surface area contributed by atoms with Gasteiger partial charge >= 0.3 is 5.97 Å². The number of carboxylic acid groups (broad SMARTS) is 1. The van der Waals surface area contributed by atoms with Crippen molar-refractivity contribution in [2.45, 2.75) is 25.4 Å². The van der Waals surface area contributed by atoms with Gasteiger partial charge in [-0.2, -0.15) is 0 Å². The average molecular weight is 156 g/mol. The Balaban J connectivity index is 2.15. The molecule has 0 aromatic rings. The van der Waals surface area contributed by atoms with E-state index in [-0.39, 0.29) is 6.10 Å². The first-order valence-electron chi connectivity index (χ1n) is 3.80. The van der Waals surface area contributed by atoms with E-state index in [4.69, 9.17) is 9.84 Å². The number of rotatable bonds is 3. The fourth-order valence-electron chi connectivity index (χ4n) is 1.15. The summed E-state index contributed by atoms with van der Waals surface area (Å²) in [5, 5.41) is 8.26. The van der Waals surface area contributed by atoms with Crippen molar-refractivity contribution in [1.82, 2.24) is 0 Å². The van der Waals surface area contributed by atoms with Crippen molar-refractivity contribution in [2.24, 2.45) is 0 Å². The maximum absolute atomic E-state index is 10.0. The van der Waals surface area contributed by atoms with Crippen LogP contribution in [-0.2, 0) is 9.53 Å². The van der Waals surface area contributed by atoms with E-state index >= 15 is 0 Å². The summed E-state index contributed by atoms with van der Waals surface area (Å²) in [7, 11) is 0. The molecule has 0 aromatic carbocycles. The maximum atomic E-state index is 10.0. The number of aliphatic carboxylic acids is 1. The van der Waals surface area contributed by atoms with Gasteiger partial charge in [0.05, 0.1) is 6.10 Å². The first-order valence-corrected chi connectivity index (χ1v) is 3.80. The zero-order valence-electron chi connectivity index (χ0n) is 6.32. The molecule has 1 fully saturated rings. The highest BCUT2D eigenvalue weighted by Gasteiger charge is 2.12. The minimum atomic E-state index is -0.886. The molecule has 11 heavy (non-hydrogen) atoms. The molecular weight excluding hydrogens is 144 g/mol. The number of hydrogen-bond donors (Lipinski definition) is 1. The van der Waals surface area contributed by atoms with E-state index in [9.17, 15) is 4.79 Å². The van der Waals surface area contributed by atoms with E-state index in [0.717, 1.165) is 25.9 Å². The first kappa shape index (κ1) is 8.27. The van der Waals surface area contributed by atoms with Crippen molar-refractivity contribution in [2.75, 3.05) is 6.61 Å². The van der Waals surface area contributed by atoms with Crippen LogP contribution in [0.1, 0.15) is 19.3 Å². The Morgan fingerprint density at radius 3 is 3.09 bits per heavy atom. The number of carboxylic acids is 1. The van der Waals surface area contributed by atoms with Gasteiger partial charge in [-0.1, -0.05) is 6.08 Å². The molecule has 0 spiro atoms. The van der Waals surface area contributed by atoms with E-state index < -0.39 is 5.97 Å². The molecule has 0 aromatic heterocycles. The van der Waals surface area contributed by atoms with Gasteiger partial charge in [-0.05, 0) is 19.3 Å². The van der Waals surface area contributed by atoms with Crippen molar-refractivity contribution < 1.29 is 14.6 Å². The molecule has 0 radical (unpaired) electrons. The molecule has 1 unspecified atom stereocenters. The number of carbonyl (C=O) groups is 1. The van der Waals surface area contributed by atoms with E-state index in [0.29, 0.717) is 0 Å². The Morgan fingerprint density at radius 2 is 2.55 bits per heavy atom. The number of ether oxygens (including phenoxy) is 1. The lowest BCUT2D eigenvalue weighted by atomic mass is 10.2. The standard InChI is InChI=1S/C8H12O3/c9-8(10)5-1-3-7-4-2-6-11-7/h1,5,7H,2-4,6H2,(H,9,10). The summed E-state index contributed by atoms with van der Waals surface area (Å²) in [6.07, 6.45) is 5.97. The third-order valence-corrected chi connectivity index (χ3v) is 1.68. The van der Waals surface area contributed by atoms with E-state index in [1.54, 1.807) is 6.08 Å². The fraction of sp³-hybridized carbons (Fsp3) is 0.625. The Morgan fingerprint density at radius 1 is 1.73 bits per heavy atom. The molecule has 0 aliphatic carbocycles. The quantitative estimate of drug-likeness (QED) is 0.624. The first-order chi connectivity index (χ1) is 5.29. The predicted octanol–water partition coefficient (Wildman–Crippen LogP) is 1.20. The summed E-state index contributed by atoms with van der Waals surface area (Å²) in [5.41, 5.74) is 0. The maximum Gasteiger partial charge on any atom is 0.327 e. The minimum absolute atomic E-state index is 0.255. The van der Waals surface area contributed by atoms with E-state index in [1.165, 1.54) is 6.08 Å². The fourth-order valence-corrected chi connectivity index (χ4v) is 1.15. The highest BCUT2D eigenvalue weighted by atomic mass is 16.5. The smallest absolute Gasteiger partial charge is 0.327 e. The Kier molecular flexibility index (Phi) is 3.11. The van der Waals surface area contributed by atoms with Crippen LogP contribution in [0.15, 0.2) is 12.2 Å². The zero-order chi connectivity index (χ0) is 8.10. The van der Waals surface area contributed by atoms with Crippen molar-refractivity contribution >= 4 is 5.97 Å². The molecule has 3 nitrogen and oxygen atoms in total. The van der Waals surface area contributed by atoms with Crippen LogP contribution in [0.4, 0.5) is 0 Å². The lowest BCUT2D eigenvalue weighted by molar-refractivity contribution is -0.131. The summed E-state index contributed by atoms with van der Waals surface area (Å²) >= 11 is 0. The Bertz CT molecular complexity index is 157. The van der Waals surface area contributed by atoms with Gasteiger partial charge in [-0.15, -0.1) is 0 Å². The highest BCUT2D eigenvalue weighted by Crippen LogP contribution is 2.15. The summed E-state index contributed by atoms with van der Waals surface area (Å²) < 4.78 is 5.29. The van der Waals surface area contributed by atoms with Crippen molar-refractivity contribution in [3.05, 3.63) is 12.2 Å². The highest BCUT2D eigenvalue weighted by molar-refractivity contribution is 5.79. The van der Waals surface area contributed by atoms with E-state index in [1.807, 2.05) is 0 Å². The second-order valence-corrected chi connectivity index (χ2v) is 2.61. The predicted molar refractivity (Wildman–Crippen MR) is 40.4 cm³/mol. The summed E-state index contributed by atoms with van der Waals surface area (Å²) in [6, 6.07) is 0. The van der Waals surface area contributed by atoms with Crippen LogP contribution in [0.2, 0.25) is 0 Å². The van der Waals surface area contributed by atoms with Crippen molar-refractivity contribution in [3.8, 4) is 0 Å². The third-order valence-electron chi connectivity index (χ3n) is 1.68. The van der Waals surface area contributed by atoms with E-state index in [2.05, 4.69) is 0 Å². The Labute approximate surface area is 65.7 Å². The Hall–Kier alpha value is -0.830. The molecule has 0 bridgehead atoms. The van der Waals surface area contributed by atoms with Gasteiger partial charge in [0.2, 0.25) is 0 Å². The van der Waals surface area contributed by atoms with Gasteiger partial charge < -0.3 is 9.84 Å². The zero-order valence-corrected chi connectivity index (χ0v) is 6.32. The number of hydrogen-bond acceptors (Lipinski definition) is 2. The molecule has 3 heteroatoms. The van der Waals surface area contributed by atoms with Crippen LogP contribution in [0, 0.1) is 0 Å². The van der Waals surface area contributed by atoms with Crippen LogP contribution in [-0.4, -0.2) is 23.8 Å². The van der Waals surface area contributed by atoms with Crippen molar-refractivity contribution in [1.29, 1.82) is 0 Å². The van der Waals surface area contributed by atoms with Gasteiger partial charge in [-0.25, -0.2) is 4.79 Å².